The first kappa shape index (κ1) is 23.7. The number of rotatable bonds is 2. The first-order valence-electron chi connectivity index (χ1n) is 13.9. The van der Waals surface area contributed by atoms with Gasteiger partial charge in [0.15, 0.2) is 0 Å². The van der Waals surface area contributed by atoms with Gasteiger partial charge in [0.2, 0.25) is 0 Å². The third-order valence-electron chi connectivity index (χ3n) is 8.41. The van der Waals surface area contributed by atoms with Crippen molar-refractivity contribution in [3.05, 3.63) is 107 Å². The predicted molar refractivity (Wildman–Crippen MR) is 176 cm³/mol. The zero-order valence-electron chi connectivity index (χ0n) is 23.2. The molecule has 41 heavy (non-hydrogen) atoms. The topological polar surface area (TPSA) is 23.0 Å². The Morgan fingerprint density at radius 2 is 1.34 bits per heavy atom. The molecule has 9 aromatic rings. The van der Waals surface area contributed by atoms with Gasteiger partial charge >= 0.3 is 248 Å². The molecule has 5 heteroatoms. The average molecular weight is 614 g/mol. The number of hydrogen-bond acceptors (Lipinski definition) is 2. The standard InChI is InChI=1S/C36H26N2OSSe/c1-19-5-10-23(11-6-19)37-28-15-20(2)7-12-24(28)36-34(37)27-17-29-26(18-31(27)41-36)35-33(38(29)32-14-9-22(4)39-32)25-13-8-21(3)16-30(25)40-35/h5-18H,1-4H3. The van der Waals surface area contributed by atoms with Gasteiger partial charge in [-0.1, -0.05) is 0 Å². The SMILES string of the molecule is Cc1ccc(-n2c3cc(C)ccc3c3[se]c4cc5c6sc7cc(C)ccc7c6n(-c6ccc(C)o6)c5cc4c32)cc1. The Bertz CT molecular complexity index is 2510. The quantitative estimate of drug-likeness (QED) is 0.178. The van der Waals surface area contributed by atoms with E-state index < -0.39 is 0 Å². The Morgan fingerprint density at radius 1 is 0.610 bits per heavy atom. The number of furan rings is 1. The molecular weight excluding hydrogens is 587 g/mol. The fourth-order valence-electron chi connectivity index (χ4n) is 6.48. The monoisotopic (exact) mass is 614 g/mol. The fraction of sp³-hybridized carbons (Fsp3) is 0.111. The average Bonchev–Trinajstić information content (AvgIpc) is 3.74. The van der Waals surface area contributed by atoms with E-state index in [2.05, 4.69) is 115 Å². The molecular formula is C36H26N2OSSe. The number of nitrogens with zero attached hydrogens (tertiary/aromatic N) is 2. The maximum atomic E-state index is 6.31. The van der Waals surface area contributed by atoms with Crippen LogP contribution in [0.5, 0.6) is 0 Å². The molecule has 0 aliphatic heterocycles. The van der Waals surface area contributed by atoms with Crippen molar-refractivity contribution in [2.75, 3.05) is 0 Å². The van der Waals surface area contributed by atoms with E-state index in [1.54, 1.807) is 0 Å². The molecule has 5 aromatic heterocycles. The van der Waals surface area contributed by atoms with Crippen molar-refractivity contribution in [3.63, 3.8) is 0 Å². The first-order valence-corrected chi connectivity index (χ1v) is 16.5. The maximum absolute atomic E-state index is 6.31. The van der Waals surface area contributed by atoms with Crippen LogP contribution in [-0.2, 0) is 0 Å². The van der Waals surface area contributed by atoms with Gasteiger partial charge in [0.05, 0.1) is 0 Å². The molecule has 3 nitrogen and oxygen atoms in total. The normalized spacial score (nSPS) is 12.4. The van der Waals surface area contributed by atoms with Crippen molar-refractivity contribution in [2.45, 2.75) is 27.7 Å². The van der Waals surface area contributed by atoms with Crippen molar-refractivity contribution in [3.8, 4) is 11.6 Å². The van der Waals surface area contributed by atoms with Gasteiger partial charge in [-0.3, -0.25) is 0 Å². The summed E-state index contributed by atoms with van der Waals surface area (Å²) in [6.45, 7) is 8.54. The van der Waals surface area contributed by atoms with Crippen LogP contribution in [-0.4, -0.2) is 23.6 Å². The molecule has 0 N–H and O–H groups in total. The molecule has 0 saturated heterocycles. The molecule has 0 amide bonds. The molecule has 0 aliphatic rings. The van der Waals surface area contributed by atoms with Gasteiger partial charge in [0, 0.05) is 0 Å². The van der Waals surface area contributed by atoms with Gasteiger partial charge in [0.1, 0.15) is 0 Å². The van der Waals surface area contributed by atoms with Gasteiger partial charge in [-0.05, 0) is 0 Å². The molecule has 0 bridgehead atoms. The first-order chi connectivity index (χ1) is 19.9. The summed E-state index contributed by atoms with van der Waals surface area (Å²) in [5.74, 6) is 1.80. The van der Waals surface area contributed by atoms with Crippen LogP contribution in [0.4, 0.5) is 0 Å². The van der Waals surface area contributed by atoms with E-state index in [4.69, 9.17) is 4.42 Å². The van der Waals surface area contributed by atoms with E-state index in [9.17, 15) is 0 Å². The van der Waals surface area contributed by atoms with E-state index in [-0.39, 0.29) is 14.5 Å². The molecule has 0 atom stereocenters. The zero-order valence-corrected chi connectivity index (χ0v) is 25.7. The van der Waals surface area contributed by atoms with Crippen molar-refractivity contribution >= 4 is 87.4 Å². The number of benzene rings is 4. The minimum absolute atomic E-state index is 0.214. The molecule has 0 spiro atoms. The second-order valence-corrected chi connectivity index (χ2v) is 14.6. The summed E-state index contributed by atoms with van der Waals surface area (Å²) >= 11 is 2.12. The second-order valence-electron chi connectivity index (χ2n) is 11.3. The molecule has 0 fully saturated rings. The Balaban J connectivity index is 1.48. The van der Waals surface area contributed by atoms with Gasteiger partial charge < -0.3 is 0 Å². The van der Waals surface area contributed by atoms with Crippen LogP contribution in [0.25, 0.3) is 73.1 Å². The molecule has 198 valence electrons. The van der Waals surface area contributed by atoms with Crippen LogP contribution in [0.15, 0.2) is 89.3 Å². The van der Waals surface area contributed by atoms with Crippen LogP contribution in [0, 0.1) is 27.7 Å². The van der Waals surface area contributed by atoms with Crippen LogP contribution in [0.2, 0.25) is 0 Å². The number of aromatic nitrogens is 2. The Morgan fingerprint density at radius 3 is 2.12 bits per heavy atom. The van der Waals surface area contributed by atoms with Gasteiger partial charge in [-0.15, -0.1) is 0 Å². The van der Waals surface area contributed by atoms with E-state index in [0.717, 1.165) is 11.6 Å². The second kappa shape index (κ2) is 8.27. The van der Waals surface area contributed by atoms with Crippen molar-refractivity contribution in [1.82, 2.24) is 9.13 Å². The summed E-state index contributed by atoms with van der Waals surface area (Å²) in [5.41, 5.74) is 10.2. The minimum atomic E-state index is 0.214. The molecule has 9 rings (SSSR count). The van der Waals surface area contributed by atoms with E-state index >= 15 is 0 Å². The predicted octanol–water partition coefficient (Wildman–Crippen LogP) is 10.1. The third-order valence-corrected chi connectivity index (χ3v) is 12.1. The van der Waals surface area contributed by atoms with Gasteiger partial charge in [0.25, 0.3) is 0 Å². The van der Waals surface area contributed by atoms with E-state index in [0.29, 0.717) is 0 Å². The van der Waals surface area contributed by atoms with Crippen LogP contribution in [0.3, 0.4) is 0 Å². The van der Waals surface area contributed by atoms with Crippen LogP contribution >= 0.6 is 11.3 Å². The molecule has 0 saturated carbocycles. The molecule has 5 heterocycles. The Labute approximate surface area is 246 Å². The summed E-state index contributed by atoms with van der Waals surface area (Å²) in [5, 5.41) is 5.33. The summed E-state index contributed by atoms with van der Waals surface area (Å²) in [6, 6.07) is 31.8. The van der Waals surface area contributed by atoms with Gasteiger partial charge in [-0.2, -0.15) is 0 Å². The number of fused-ring (bicyclic) bond motifs is 10. The molecule has 0 aliphatic carbocycles. The van der Waals surface area contributed by atoms with Crippen molar-refractivity contribution in [2.24, 2.45) is 0 Å². The third kappa shape index (κ3) is 3.25. The summed E-state index contributed by atoms with van der Waals surface area (Å²) in [7, 11) is 0. The zero-order chi connectivity index (χ0) is 27.6. The summed E-state index contributed by atoms with van der Waals surface area (Å²) in [6.07, 6.45) is 0. The molecule has 0 unspecified atom stereocenters. The van der Waals surface area contributed by atoms with Gasteiger partial charge in [-0.25, -0.2) is 0 Å². The van der Waals surface area contributed by atoms with Crippen LogP contribution in [0.1, 0.15) is 22.5 Å². The number of thiophene rings is 1. The number of hydrogen-bond donors (Lipinski definition) is 0. The Kier molecular flexibility index (Phi) is 4.77. The van der Waals surface area contributed by atoms with E-state index in [1.807, 2.05) is 18.3 Å². The summed E-state index contributed by atoms with van der Waals surface area (Å²) < 4.78 is 16.8. The Hall–Kier alpha value is -4.02. The molecule has 0 radical (unpaired) electrons. The number of aryl methyl sites for hydroxylation is 4. The molecule has 4 aromatic carbocycles. The van der Waals surface area contributed by atoms with Crippen LogP contribution < -0.4 is 0 Å². The van der Waals surface area contributed by atoms with Crippen molar-refractivity contribution in [1.29, 1.82) is 0 Å². The summed E-state index contributed by atoms with van der Waals surface area (Å²) in [4.78, 5) is 0. The van der Waals surface area contributed by atoms with Crippen molar-refractivity contribution < 1.29 is 4.42 Å². The fourth-order valence-corrected chi connectivity index (χ4v) is 10.4. The van der Waals surface area contributed by atoms with E-state index in [1.165, 1.54) is 83.9 Å².